The van der Waals surface area contributed by atoms with Crippen LogP contribution >= 0.6 is 0 Å². The SMILES string of the molecule is Cc1cc(CN(C)CCNC(C)(C)C)nn1C. The topological polar surface area (TPSA) is 33.1 Å². The minimum atomic E-state index is 0.197. The van der Waals surface area contributed by atoms with Crippen molar-refractivity contribution in [2.45, 2.75) is 39.8 Å². The lowest BCUT2D eigenvalue weighted by Crippen LogP contribution is -2.40. The smallest absolute Gasteiger partial charge is 0.0767 e. The van der Waals surface area contributed by atoms with E-state index in [0.29, 0.717) is 0 Å². The number of hydrogen-bond donors (Lipinski definition) is 1. The molecule has 0 unspecified atom stereocenters. The molecule has 0 saturated carbocycles. The van der Waals surface area contributed by atoms with Gasteiger partial charge in [0.15, 0.2) is 0 Å². The van der Waals surface area contributed by atoms with E-state index in [0.717, 1.165) is 25.3 Å². The second kappa shape index (κ2) is 5.65. The summed E-state index contributed by atoms with van der Waals surface area (Å²) in [6, 6.07) is 2.15. The first-order chi connectivity index (χ1) is 7.78. The number of nitrogens with zero attached hydrogens (tertiary/aromatic N) is 3. The van der Waals surface area contributed by atoms with Crippen LogP contribution in [-0.2, 0) is 13.6 Å². The van der Waals surface area contributed by atoms with Gasteiger partial charge in [-0.1, -0.05) is 0 Å². The summed E-state index contributed by atoms with van der Waals surface area (Å²) in [7, 11) is 4.12. The highest BCUT2D eigenvalue weighted by atomic mass is 15.3. The predicted molar refractivity (Wildman–Crippen MR) is 72.0 cm³/mol. The molecule has 1 heterocycles. The van der Waals surface area contributed by atoms with Gasteiger partial charge in [0, 0.05) is 37.9 Å². The summed E-state index contributed by atoms with van der Waals surface area (Å²) in [5.74, 6) is 0. The molecule has 1 N–H and O–H groups in total. The van der Waals surface area contributed by atoms with E-state index in [1.807, 2.05) is 11.7 Å². The summed E-state index contributed by atoms with van der Waals surface area (Å²) >= 11 is 0. The summed E-state index contributed by atoms with van der Waals surface area (Å²) in [5.41, 5.74) is 2.55. The summed E-state index contributed by atoms with van der Waals surface area (Å²) in [5, 5.41) is 7.95. The molecule has 0 atom stereocenters. The maximum Gasteiger partial charge on any atom is 0.0767 e. The van der Waals surface area contributed by atoms with Crippen molar-refractivity contribution in [1.82, 2.24) is 20.0 Å². The van der Waals surface area contributed by atoms with E-state index in [2.05, 4.69) is 56.1 Å². The Kier molecular flexibility index (Phi) is 4.71. The molecule has 4 nitrogen and oxygen atoms in total. The molecule has 4 heteroatoms. The normalized spacial score (nSPS) is 12.4. The number of nitrogens with one attached hydrogen (secondary N) is 1. The average Bonchev–Trinajstić information content (AvgIpc) is 2.43. The Bertz CT molecular complexity index is 329. The van der Waals surface area contributed by atoms with E-state index in [1.54, 1.807) is 0 Å². The largest absolute Gasteiger partial charge is 0.311 e. The van der Waals surface area contributed by atoms with Crippen LogP contribution in [0.4, 0.5) is 0 Å². The van der Waals surface area contributed by atoms with Crippen LogP contribution < -0.4 is 5.32 Å². The van der Waals surface area contributed by atoms with Gasteiger partial charge in [-0.15, -0.1) is 0 Å². The number of hydrogen-bond acceptors (Lipinski definition) is 3. The molecule has 1 rings (SSSR count). The van der Waals surface area contributed by atoms with Crippen LogP contribution in [0.3, 0.4) is 0 Å². The zero-order valence-corrected chi connectivity index (χ0v) is 12.0. The maximum absolute atomic E-state index is 4.46. The molecule has 0 aromatic carbocycles. The third-order valence-electron chi connectivity index (χ3n) is 2.75. The molecule has 0 aliphatic rings. The molecule has 17 heavy (non-hydrogen) atoms. The third-order valence-corrected chi connectivity index (χ3v) is 2.75. The molecule has 0 fully saturated rings. The molecule has 0 saturated heterocycles. The Balaban J connectivity index is 2.32. The number of aromatic nitrogens is 2. The van der Waals surface area contributed by atoms with Gasteiger partial charge < -0.3 is 5.32 Å². The van der Waals surface area contributed by atoms with Gasteiger partial charge in [-0.2, -0.15) is 5.10 Å². The van der Waals surface area contributed by atoms with E-state index in [1.165, 1.54) is 5.69 Å². The lowest BCUT2D eigenvalue weighted by molar-refractivity contribution is 0.300. The molecular weight excluding hydrogens is 212 g/mol. The highest BCUT2D eigenvalue weighted by Gasteiger charge is 2.09. The number of likely N-dealkylation sites (N-methyl/N-ethyl adjacent to an activating group) is 1. The molecule has 0 spiro atoms. The average molecular weight is 238 g/mol. The van der Waals surface area contributed by atoms with Crippen molar-refractivity contribution >= 4 is 0 Å². The summed E-state index contributed by atoms with van der Waals surface area (Å²) in [6.07, 6.45) is 0. The minimum absolute atomic E-state index is 0.197. The van der Waals surface area contributed by atoms with Crippen LogP contribution in [-0.4, -0.2) is 40.4 Å². The zero-order valence-electron chi connectivity index (χ0n) is 12.0. The molecule has 0 amide bonds. The first-order valence-electron chi connectivity index (χ1n) is 6.21. The molecule has 98 valence electrons. The highest BCUT2D eigenvalue weighted by molar-refractivity contribution is 5.08. The third kappa shape index (κ3) is 5.33. The van der Waals surface area contributed by atoms with Gasteiger partial charge in [0.25, 0.3) is 0 Å². The lowest BCUT2D eigenvalue weighted by atomic mass is 10.1. The number of aryl methyl sites for hydroxylation is 2. The monoisotopic (exact) mass is 238 g/mol. The molecule has 1 aromatic rings. The Morgan fingerprint density at radius 3 is 2.53 bits per heavy atom. The summed E-state index contributed by atoms with van der Waals surface area (Å²) in [4.78, 5) is 2.29. The van der Waals surface area contributed by atoms with Crippen molar-refractivity contribution in [3.8, 4) is 0 Å². The second-order valence-corrected chi connectivity index (χ2v) is 5.82. The van der Waals surface area contributed by atoms with Gasteiger partial charge in [-0.25, -0.2) is 0 Å². The van der Waals surface area contributed by atoms with Gasteiger partial charge in [0.05, 0.1) is 5.69 Å². The van der Waals surface area contributed by atoms with Crippen LogP contribution in [0.1, 0.15) is 32.2 Å². The van der Waals surface area contributed by atoms with Crippen molar-refractivity contribution in [1.29, 1.82) is 0 Å². The molecule has 1 aromatic heterocycles. The maximum atomic E-state index is 4.46. The van der Waals surface area contributed by atoms with Crippen LogP contribution in [0.15, 0.2) is 6.07 Å². The Morgan fingerprint density at radius 2 is 2.06 bits per heavy atom. The van der Waals surface area contributed by atoms with E-state index in [9.17, 15) is 0 Å². The van der Waals surface area contributed by atoms with Crippen LogP contribution in [0, 0.1) is 6.92 Å². The second-order valence-electron chi connectivity index (χ2n) is 5.82. The molecular formula is C13H26N4. The Labute approximate surface area is 105 Å². The van der Waals surface area contributed by atoms with Gasteiger partial charge in [-0.05, 0) is 40.8 Å². The Hall–Kier alpha value is -0.870. The fourth-order valence-electron chi connectivity index (χ4n) is 1.69. The minimum Gasteiger partial charge on any atom is -0.311 e. The van der Waals surface area contributed by atoms with E-state index in [-0.39, 0.29) is 5.54 Å². The van der Waals surface area contributed by atoms with Crippen molar-refractivity contribution in [2.75, 3.05) is 20.1 Å². The van der Waals surface area contributed by atoms with Crippen LogP contribution in [0.25, 0.3) is 0 Å². The molecule has 0 bridgehead atoms. The quantitative estimate of drug-likeness (QED) is 0.845. The van der Waals surface area contributed by atoms with Gasteiger partial charge in [-0.3, -0.25) is 9.58 Å². The van der Waals surface area contributed by atoms with Gasteiger partial charge in [0.1, 0.15) is 0 Å². The van der Waals surface area contributed by atoms with Gasteiger partial charge >= 0.3 is 0 Å². The first kappa shape index (κ1) is 14.2. The van der Waals surface area contributed by atoms with E-state index >= 15 is 0 Å². The summed E-state index contributed by atoms with van der Waals surface area (Å²) in [6.45, 7) is 11.6. The van der Waals surface area contributed by atoms with Gasteiger partial charge in [0.2, 0.25) is 0 Å². The first-order valence-corrected chi connectivity index (χ1v) is 6.21. The highest BCUT2D eigenvalue weighted by Crippen LogP contribution is 2.04. The molecule has 0 aliphatic carbocycles. The lowest BCUT2D eigenvalue weighted by Gasteiger charge is -2.23. The van der Waals surface area contributed by atoms with E-state index < -0.39 is 0 Å². The van der Waals surface area contributed by atoms with Crippen molar-refractivity contribution < 1.29 is 0 Å². The van der Waals surface area contributed by atoms with Crippen molar-refractivity contribution in [3.05, 3.63) is 17.5 Å². The predicted octanol–water partition coefficient (Wildman–Crippen LogP) is 1.55. The van der Waals surface area contributed by atoms with Crippen LogP contribution in [0.5, 0.6) is 0 Å². The van der Waals surface area contributed by atoms with Crippen molar-refractivity contribution in [2.24, 2.45) is 7.05 Å². The van der Waals surface area contributed by atoms with Crippen molar-refractivity contribution in [3.63, 3.8) is 0 Å². The summed E-state index contributed by atoms with van der Waals surface area (Å²) < 4.78 is 1.93. The fourth-order valence-corrected chi connectivity index (χ4v) is 1.69. The molecule has 0 radical (unpaired) electrons. The Morgan fingerprint density at radius 1 is 1.41 bits per heavy atom. The van der Waals surface area contributed by atoms with Crippen LogP contribution in [0.2, 0.25) is 0 Å². The molecule has 0 aliphatic heterocycles. The standard InChI is InChI=1S/C13H26N4/c1-11-9-12(15-17(11)6)10-16(5)8-7-14-13(2,3)4/h9,14H,7-8,10H2,1-6H3. The fraction of sp³-hybridized carbons (Fsp3) is 0.769. The number of rotatable bonds is 5. The zero-order chi connectivity index (χ0) is 13.1. The van der Waals surface area contributed by atoms with E-state index in [4.69, 9.17) is 0 Å².